The second-order valence-electron chi connectivity index (χ2n) is 6.95. The second-order valence-corrected chi connectivity index (χ2v) is 6.95. The number of aliphatic hydroxyl groups excluding tert-OH is 1. The van der Waals surface area contributed by atoms with Crippen LogP contribution in [0.15, 0.2) is 16.5 Å². The molecule has 0 aromatic carbocycles. The van der Waals surface area contributed by atoms with Gasteiger partial charge in [0.1, 0.15) is 24.0 Å². The van der Waals surface area contributed by atoms with Gasteiger partial charge < -0.3 is 19.0 Å². The number of likely N-dealkylation sites (tertiary alicyclic amines) is 1. The highest BCUT2D eigenvalue weighted by Crippen LogP contribution is 2.28. The number of aliphatic hydroxyl groups is 1. The van der Waals surface area contributed by atoms with Crippen molar-refractivity contribution in [1.82, 2.24) is 19.7 Å². The molecule has 0 radical (unpaired) electrons. The van der Waals surface area contributed by atoms with Gasteiger partial charge in [-0.05, 0) is 58.0 Å². The van der Waals surface area contributed by atoms with Gasteiger partial charge >= 0.3 is 0 Å². The van der Waals surface area contributed by atoms with Crippen LogP contribution in [-0.2, 0) is 13.7 Å². The first-order chi connectivity index (χ1) is 11.6. The molecule has 1 unspecified atom stereocenters. The van der Waals surface area contributed by atoms with Crippen molar-refractivity contribution in [2.75, 3.05) is 19.6 Å². The minimum atomic E-state index is -0.0491. The van der Waals surface area contributed by atoms with Gasteiger partial charge in [-0.1, -0.05) is 6.92 Å². The Morgan fingerprint density at radius 2 is 2.04 bits per heavy atom. The summed E-state index contributed by atoms with van der Waals surface area (Å²) in [5.74, 6) is 4.65. The highest BCUT2D eigenvalue weighted by atomic mass is 16.3. The summed E-state index contributed by atoms with van der Waals surface area (Å²) >= 11 is 0. The van der Waals surface area contributed by atoms with Crippen LogP contribution < -0.4 is 0 Å². The predicted octanol–water partition coefficient (Wildman–Crippen LogP) is 2.58. The van der Waals surface area contributed by atoms with Crippen LogP contribution in [0.2, 0.25) is 0 Å². The molecule has 6 nitrogen and oxygen atoms in total. The number of piperidine rings is 1. The van der Waals surface area contributed by atoms with E-state index in [-0.39, 0.29) is 6.61 Å². The minimum Gasteiger partial charge on any atom is -0.466 e. The van der Waals surface area contributed by atoms with E-state index in [4.69, 9.17) is 4.42 Å². The molecular weight excluding hydrogens is 304 g/mol. The molecule has 24 heavy (non-hydrogen) atoms. The Bertz CT molecular complexity index is 656. The molecule has 0 spiro atoms. The zero-order chi connectivity index (χ0) is 17.1. The molecular formula is C18H28N4O2. The molecule has 0 bridgehead atoms. The normalized spacial score (nSPS) is 18.2. The van der Waals surface area contributed by atoms with Gasteiger partial charge in [-0.25, -0.2) is 0 Å². The number of aromatic nitrogens is 3. The average Bonchev–Trinajstić information content (AvgIpc) is 3.19. The Morgan fingerprint density at radius 1 is 1.29 bits per heavy atom. The summed E-state index contributed by atoms with van der Waals surface area (Å²) in [5, 5.41) is 17.6. The van der Waals surface area contributed by atoms with E-state index in [0.29, 0.717) is 17.7 Å². The van der Waals surface area contributed by atoms with Gasteiger partial charge in [-0.2, -0.15) is 0 Å². The lowest BCUT2D eigenvalue weighted by atomic mass is 9.95. The van der Waals surface area contributed by atoms with Gasteiger partial charge in [0, 0.05) is 18.9 Å². The molecule has 6 heteroatoms. The standard InChI is InChI=1S/C18H28N4O2/c1-13(16-5-4-14(2)24-16)6-9-22-10-7-15(8-11-22)18-20-19-17(12-23)21(18)3/h4-5,13,15,23H,6-12H2,1-3H3. The number of furan rings is 1. The zero-order valence-corrected chi connectivity index (χ0v) is 14.9. The lowest BCUT2D eigenvalue weighted by molar-refractivity contribution is 0.200. The maximum atomic E-state index is 9.25. The maximum absolute atomic E-state index is 9.25. The summed E-state index contributed by atoms with van der Waals surface area (Å²) in [7, 11) is 1.94. The lowest BCUT2D eigenvalue weighted by Gasteiger charge is -2.31. The topological polar surface area (TPSA) is 67.3 Å². The molecule has 1 fully saturated rings. The van der Waals surface area contributed by atoms with Gasteiger partial charge in [0.05, 0.1) is 0 Å². The van der Waals surface area contributed by atoms with Gasteiger partial charge in [0.25, 0.3) is 0 Å². The molecule has 132 valence electrons. The van der Waals surface area contributed by atoms with Crippen LogP contribution in [0.25, 0.3) is 0 Å². The molecule has 1 saturated heterocycles. The molecule has 0 amide bonds. The highest BCUT2D eigenvalue weighted by molar-refractivity contribution is 5.09. The fraction of sp³-hybridized carbons (Fsp3) is 0.667. The fourth-order valence-electron chi connectivity index (χ4n) is 3.52. The van der Waals surface area contributed by atoms with E-state index in [9.17, 15) is 5.11 Å². The summed E-state index contributed by atoms with van der Waals surface area (Å²) in [5.41, 5.74) is 0. The summed E-state index contributed by atoms with van der Waals surface area (Å²) < 4.78 is 7.68. The highest BCUT2D eigenvalue weighted by Gasteiger charge is 2.25. The Labute approximate surface area is 143 Å². The van der Waals surface area contributed by atoms with E-state index in [1.807, 2.05) is 24.6 Å². The van der Waals surface area contributed by atoms with Crippen LogP contribution >= 0.6 is 0 Å². The number of rotatable bonds is 6. The molecule has 1 atom stereocenters. The molecule has 0 aliphatic carbocycles. The first-order valence-corrected chi connectivity index (χ1v) is 8.86. The lowest BCUT2D eigenvalue weighted by Crippen LogP contribution is -2.34. The first kappa shape index (κ1) is 17.2. The van der Waals surface area contributed by atoms with Crippen molar-refractivity contribution in [3.05, 3.63) is 35.3 Å². The van der Waals surface area contributed by atoms with Crippen LogP contribution in [0.4, 0.5) is 0 Å². The van der Waals surface area contributed by atoms with Crippen molar-refractivity contribution >= 4 is 0 Å². The number of hydrogen-bond donors (Lipinski definition) is 1. The largest absolute Gasteiger partial charge is 0.466 e. The molecule has 3 heterocycles. The minimum absolute atomic E-state index is 0.0491. The number of aryl methyl sites for hydroxylation is 1. The monoisotopic (exact) mass is 332 g/mol. The molecule has 1 aliphatic rings. The zero-order valence-electron chi connectivity index (χ0n) is 14.9. The van der Waals surface area contributed by atoms with E-state index in [2.05, 4.69) is 28.1 Å². The van der Waals surface area contributed by atoms with E-state index in [0.717, 1.165) is 56.2 Å². The van der Waals surface area contributed by atoms with E-state index in [1.165, 1.54) is 0 Å². The van der Waals surface area contributed by atoms with Crippen molar-refractivity contribution in [3.8, 4) is 0 Å². The van der Waals surface area contributed by atoms with Crippen molar-refractivity contribution < 1.29 is 9.52 Å². The van der Waals surface area contributed by atoms with Gasteiger partial charge in [-0.15, -0.1) is 10.2 Å². The molecule has 3 rings (SSSR count). The third kappa shape index (κ3) is 3.70. The maximum Gasteiger partial charge on any atom is 0.158 e. The van der Waals surface area contributed by atoms with Crippen molar-refractivity contribution in [2.24, 2.45) is 7.05 Å². The van der Waals surface area contributed by atoms with Crippen molar-refractivity contribution in [3.63, 3.8) is 0 Å². The Balaban J connectivity index is 1.47. The molecule has 2 aromatic heterocycles. The van der Waals surface area contributed by atoms with Crippen LogP contribution in [0.5, 0.6) is 0 Å². The Hall–Kier alpha value is -1.66. The SMILES string of the molecule is Cc1ccc(C(C)CCN2CCC(c3nnc(CO)n3C)CC2)o1. The van der Waals surface area contributed by atoms with Crippen LogP contribution in [0.1, 0.15) is 61.2 Å². The Kier molecular flexibility index (Phi) is 5.36. The Morgan fingerprint density at radius 3 is 2.62 bits per heavy atom. The smallest absolute Gasteiger partial charge is 0.158 e. The van der Waals surface area contributed by atoms with Gasteiger partial charge in [0.15, 0.2) is 5.82 Å². The van der Waals surface area contributed by atoms with E-state index in [1.54, 1.807) is 0 Å². The number of nitrogens with zero attached hydrogens (tertiary/aromatic N) is 4. The number of hydrogen-bond acceptors (Lipinski definition) is 5. The first-order valence-electron chi connectivity index (χ1n) is 8.86. The summed E-state index contributed by atoms with van der Waals surface area (Å²) in [4.78, 5) is 2.53. The van der Waals surface area contributed by atoms with Crippen LogP contribution in [0, 0.1) is 6.92 Å². The quantitative estimate of drug-likeness (QED) is 0.880. The third-order valence-corrected chi connectivity index (χ3v) is 5.22. The van der Waals surface area contributed by atoms with E-state index < -0.39 is 0 Å². The van der Waals surface area contributed by atoms with Gasteiger partial charge in [0.2, 0.25) is 0 Å². The third-order valence-electron chi connectivity index (χ3n) is 5.22. The summed E-state index contributed by atoms with van der Waals surface area (Å²) in [6, 6.07) is 4.14. The second kappa shape index (κ2) is 7.49. The fourth-order valence-corrected chi connectivity index (χ4v) is 3.52. The predicted molar refractivity (Wildman–Crippen MR) is 91.8 cm³/mol. The van der Waals surface area contributed by atoms with Gasteiger partial charge in [-0.3, -0.25) is 0 Å². The van der Waals surface area contributed by atoms with Crippen LogP contribution in [-0.4, -0.2) is 44.4 Å². The molecule has 2 aromatic rings. The molecule has 1 N–H and O–H groups in total. The van der Waals surface area contributed by atoms with Crippen molar-refractivity contribution in [1.29, 1.82) is 0 Å². The van der Waals surface area contributed by atoms with Crippen LogP contribution in [0.3, 0.4) is 0 Å². The summed E-state index contributed by atoms with van der Waals surface area (Å²) in [6.07, 6.45) is 3.33. The summed E-state index contributed by atoms with van der Waals surface area (Å²) in [6.45, 7) is 7.48. The molecule has 1 aliphatic heterocycles. The average molecular weight is 332 g/mol. The van der Waals surface area contributed by atoms with Crippen molar-refractivity contribution in [2.45, 2.75) is 51.6 Å². The molecule has 0 saturated carbocycles. The van der Waals surface area contributed by atoms with E-state index >= 15 is 0 Å².